The molecule has 0 aliphatic rings. The third kappa shape index (κ3) is 5.02. The van der Waals surface area contributed by atoms with Crippen LogP contribution in [0.5, 0.6) is 11.5 Å². The fraction of sp³-hybridized carbons (Fsp3) is 0.316. The molecule has 0 saturated carbocycles. The average molecular weight is 313 g/mol. The Balaban J connectivity index is 2.02. The van der Waals surface area contributed by atoms with Crippen molar-refractivity contribution >= 4 is 11.6 Å². The zero-order valence-corrected chi connectivity index (χ0v) is 13.8. The van der Waals surface area contributed by atoms with E-state index in [1.807, 2.05) is 63.2 Å². The Hall–Kier alpha value is -2.49. The summed E-state index contributed by atoms with van der Waals surface area (Å²) < 4.78 is 11.2. The maximum atomic E-state index is 12.4. The van der Waals surface area contributed by atoms with E-state index in [9.17, 15) is 4.79 Å². The summed E-state index contributed by atoms with van der Waals surface area (Å²) in [6.45, 7) is 6.45. The van der Waals surface area contributed by atoms with Crippen molar-refractivity contribution in [1.29, 1.82) is 0 Å². The SMILES string of the molecule is CCOc1cccc(NC(=O)[C@H](CC)Oc2ccc(C)cc2)c1. The number of ether oxygens (including phenoxy) is 2. The van der Waals surface area contributed by atoms with E-state index < -0.39 is 6.10 Å². The van der Waals surface area contributed by atoms with Crippen LogP contribution in [0.4, 0.5) is 5.69 Å². The smallest absolute Gasteiger partial charge is 0.265 e. The Kier molecular flexibility index (Phi) is 6.03. The van der Waals surface area contributed by atoms with E-state index in [1.165, 1.54) is 0 Å². The number of nitrogens with one attached hydrogen (secondary N) is 1. The van der Waals surface area contributed by atoms with Gasteiger partial charge in [0, 0.05) is 11.8 Å². The molecule has 0 saturated heterocycles. The average Bonchev–Trinajstić information content (AvgIpc) is 2.55. The van der Waals surface area contributed by atoms with Crippen molar-refractivity contribution in [3.05, 3.63) is 54.1 Å². The second-order valence-electron chi connectivity index (χ2n) is 5.28. The number of carbonyl (C=O) groups excluding carboxylic acids is 1. The Bertz CT molecular complexity index is 637. The molecule has 1 atom stereocenters. The molecule has 0 bridgehead atoms. The van der Waals surface area contributed by atoms with Crippen molar-refractivity contribution in [2.45, 2.75) is 33.3 Å². The minimum absolute atomic E-state index is 0.165. The molecular weight excluding hydrogens is 290 g/mol. The molecule has 1 amide bonds. The molecule has 4 nitrogen and oxygen atoms in total. The maximum absolute atomic E-state index is 12.4. The summed E-state index contributed by atoms with van der Waals surface area (Å²) in [6.07, 6.45) is 0.0543. The number of aryl methyl sites for hydroxylation is 1. The molecule has 2 aromatic rings. The van der Waals surface area contributed by atoms with Gasteiger partial charge in [0.1, 0.15) is 11.5 Å². The van der Waals surface area contributed by atoms with Gasteiger partial charge in [-0.05, 0) is 44.5 Å². The van der Waals surface area contributed by atoms with Crippen LogP contribution >= 0.6 is 0 Å². The lowest BCUT2D eigenvalue weighted by molar-refractivity contribution is -0.122. The number of amides is 1. The number of hydrogen-bond donors (Lipinski definition) is 1. The van der Waals surface area contributed by atoms with E-state index >= 15 is 0 Å². The van der Waals surface area contributed by atoms with E-state index in [-0.39, 0.29) is 5.91 Å². The molecule has 0 aliphatic heterocycles. The van der Waals surface area contributed by atoms with Crippen molar-refractivity contribution in [2.75, 3.05) is 11.9 Å². The number of benzene rings is 2. The van der Waals surface area contributed by atoms with Gasteiger partial charge in [-0.15, -0.1) is 0 Å². The van der Waals surface area contributed by atoms with Gasteiger partial charge in [0.05, 0.1) is 6.61 Å². The minimum atomic E-state index is -0.534. The van der Waals surface area contributed by atoms with Gasteiger partial charge < -0.3 is 14.8 Å². The van der Waals surface area contributed by atoms with Crippen LogP contribution in [0.15, 0.2) is 48.5 Å². The van der Waals surface area contributed by atoms with Gasteiger partial charge in [-0.3, -0.25) is 4.79 Å². The molecule has 0 spiro atoms. The molecule has 1 N–H and O–H groups in total. The minimum Gasteiger partial charge on any atom is -0.494 e. The van der Waals surface area contributed by atoms with Crippen LogP contribution in [0.1, 0.15) is 25.8 Å². The van der Waals surface area contributed by atoms with E-state index in [2.05, 4.69) is 5.32 Å². The Morgan fingerprint density at radius 1 is 1.09 bits per heavy atom. The van der Waals surface area contributed by atoms with Gasteiger partial charge in [-0.2, -0.15) is 0 Å². The standard InChI is InChI=1S/C19H23NO3/c1-4-18(23-16-11-9-14(3)10-12-16)19(21)20-15-7-6-8-17(13-15)22-5-2/h6-13,18H,4-5H2,1-3H3,(H,20,21)/t18-/m0/s1. The third-order valence-electron chi connectivity index (χ3n) is 3.38. The molecule has 0 aromatic heterocycles. The monoisotopic (exact) mass is 313 g/mol. The molecule has 0 radical (unpaired) electrons. The highest BCUT2D eigenvalue weighted by molar-refractivity contribution is 5.94. The topological polar surface area (TPSA) is 47.6 Å². The van der Waals surface area contributed by atoms with E-state index in [4.69, 9.17) is 9.47 Å². The normalized spacial score (nSPS) is 11.6. The Labute approximate surface area is 137 Å². The first-order chi connectivity index (χ1) is 11.1. The van der Waals surface area contributed by atoms with Crippen LogP contribution < -0.4 is 14.8 Å². The zero-order valence-electron chi connectivity index (χ0n) is 13.8. The number of rotatable bonds is 7. The molecule has 2 rings (SSSR count). The lowest BCUT2D eigenvalue weighted by Gasteiger charge is -2.17. The van der Waals surface area contributed by atoms with Crippen LogP contribution in [-0.2, 0) is 4.79 Å². The summed E-state index contributed by atoms with van der Waals surface area (Å²) in [6, 6.07) is 15.0. The molecule has 2 aromatic carbocycles. The van der Waals surface area contributed by atoms with Crippen molar-refractivity contribution in [1.82, 2.24) is 0 Å². The third-order valence-corrected chi connectivity index (χ3v) is 3.38. The number of hydrogen-bond acceptors (Lipinski definition) is 3. The van der Waals surface area contributed by atoms with Crippen LogP contribution in [-0.4, -0.2) is 18.6 Å². The van der Waals surface area contributed by atoms with Gasteiger partial charge in [0.15, 0.2) is 6.10 Å². The quantitative estimate of drug-likeness (QED) is 0.833. The zero-order chi connectivity index (χ0) is 16.7. The Morgan fingerprint density at radius 3 is 2.48 bits per heavy atom. The van der Waals surface area contributed by atoms with E-state index in [0.29, 0.717) is 24.5 Å². The summed E-state index contributed by atoms with van der Waals surface area (Å²) in [5.41, 5.74) is 1.86. The van der Waals surface area contributed by atoms with Crippen LogP contribution in [0.3, 0.4) is 0 Å². The van der Waals surface area contributed by atoms with Crippen molar-refractivity contribution in [3.8, 4) is 11.5 Å². The van der Waals surface area contributed by atoms with E-state index in [0.717, 1.165) is 11.3 Å². The lowest BCUT2D eigenvalue weighted by atomic mass is 10.2. The van der Waals surface area contributed by atoms with Gasteiger partial charge in [-0.1, -0.05) is 30.7 Å². The van der Waals surface area contributed by atoms with E-state index in [1.54, 1.807) is 6.07 Å². The molecule has 0 unspecified atom stereocenters. The number of carbonyl (C=O) groups is 1. The van der Waals surface area contributed by atoms with Gasteiger partial charge in [0.25, 0.3) is 5.91 Å². The second-order valence-corrected chi connectivity index (χ2v) is 5.28. The summed E-state index contributed by atoms with van der Waals surface area (Å²) in [5.74, 6) is 1.26. The highest BCUT2D eigenvalue weighted by Crippen LogP contribution is 2.19. The summed E-state index contributed by atoms with van der Waals surface area (Å²) in [5, 5.41) is 2.88. The first kappa shape index (κ1) is 16.9. The second kappa shape index (κ2) is 8.22. The van der Waals surface area contributed by atoms with Crippen LogP contribution in [0, 0.1) is 6.92 Å². The molecule has 122 valence electrons. The van der Waals surface area contributed by atoms with Gasteiger partial charge >= 0.3 is 0 Å². The predicted octanol–water partition coefficient (Wildman–Crippen LogP) is 4.19. The Morgan fingerprint density at radius 2 is 1.83 bits per heavy atom. The highest BCUT2D eigenvalue weighted by Gasteiger charge is 2.18. The molecule has 23 heavy (non-hydrogen) atoms. The predicted molar refractivity (Wildman–Crippen MR) is 92.1 cm³/mol. The molecule has 0 fully saturated rings. The first-order valence-corrected chi connectivity index (χ1v) is 7.89. The van der Waals surface area contributed by atoms with Crippen LogP contribution in [0.25, 0.3) is 0 Å². The number of anilines is 1. The highest BCUT2D eigenvalue weighted by atomic mass is 16.5. The van der Waals surface area contributed by atoms with Crippen molar-refractivity contribution < 1.29 is 14.3 Å². The summed E-state index contributed by atoms with van der Waals surface area (Å²) >= 11 is 0. The van der Waals surface area contributed by atoms with Crippen LogP contribution in [0.2, 0.25) is 0 Å². The molecular formula is C19H23NO3. The molecule has 0 aliphatic carbocycles. The largest absolute Gasteiger partial charge is 0.494 e. The fourth-order valence-electron chi connectivity index (χ4n) is 2.16. The lowest BCUT2D eigenvalue weighted by Crippen LogP contribution is -2.32. The van der Waals surface area contributed by atoms with Crippen molar-refractivity contribution in [2.24, 2.45) is 0 Å². The summed E-state index contributed by atoms with van der Waals surface area (Å²) in [7, 11) is 0. The van der Waals surface area contributed by atoms with Crippen molar-refractivity contribution in [3.63, 3.8) is 0 Å². The fourth-order valence-corrected chi connectivity index (χ4v) is 2.16. The first-order valence-electron chi connectivity index (χ1n) is 7.89. The van der Waals surface area contributed by atoms with Gasteiger partial charge in [0.2, 0.25) is 0 Å². The molecule has 0 heterocycles. The maximum Gasteiger partial charge on any atom is 0.265 e. The molecule has 4 heteroatoms. The van der Waals surface area contributed by atoms with Gasteiger partial charge in [-0.25, -0.2) is 0 Å². The summed E-state index contributed by atoms with van der Waals surface area (Å²) in [4.78, 5) is 12.4.